The molecule has 0 aliphatic rings. The number of unbranched alkanes of at least 4 members (excludes halogenated alkanes) is 1. The Bertz CT molecular complexity index is 1740. The molecule has 0 unspecified atom stereocenters. The molecule has 6 rings (SSSR count). The maximum atomic E-state index is 12.2. The number of aryl methyl sites for hydroxylation is 1. The molecule has 9 heteroatoms. The van der Waals surface area contributed by atoms with Crippen molar-refractivity contribution in [2.24, 2.45) is 0 Å². The van der Waals surface area contributed by atoms with Crippen LogP contribution in [-0.4, -0.2) is 40.6 Å². The molecular weight excluding hydrogens is 464 g/mol. The first-order chi connectivity index (χ1) is 18.1. The Labute approximate surface area is 213 Å². The summed E-state index contributed by atoms with van der Waals surface area (Å²) in [5, 5.41) is 11.7. The minimum atomic E-state index is -0.00892. The van der Waals surface area contributed by atoms with E-state index in [4.69, 9.17) is 4.98 Å². The fraction of sp³-hybridized carbons (Fsp3) is 0.179. The molecule has 1 amide bonds. The van der Waals surface area contributed by atoms with Gasteiger partial charge in [0, 0.05) is 35.3 Å². The van der Waals surface area contributed by atoms with Crippen LogP contribution < -0.4 is 5.32 Å². The van der Waals surface area contributed by atoms with E-state index >= 15 is 0 Å². The van der Waals surface area contributed by atoms with Gasteiger partial charge in [0.2, 0.25) is 5.91 Å². The number of H-pyrrole nitrogens is 2. The van der Waals surface area contributed by atoms with Gasteiger partial charge in [0.15, 0.2) is 0 Å². The number of rotatable bonds is 7. The number of fused-ring (bicyclic) bond motifs is 2. The third-order valence-corrected chi connectivity index (χ3v) is 6.37. The number of anilines is 1. The van der Waals surface area contributed by atoms with Gasteiger partial charge in [-0.1, -0.05) is 19.4 Å². The monoisotopic (exact) mass is 490 g/mol. The topological polar surface area (TPSA) is 117 Å². The van der Waals surface area contributed by atoms with Crippen molar-refractivity contribution in [3.8, 4) is 28.3 Å². The maximum absolute atomic E-state index is 12.2. The second kappa shape index (κ2) is 9.34. The molecule has 184 valence electrons. The van der Waals surface area contributed by atoms with E-state index in [1.165, 1.54) is 0 Å². The summed E-state index contributed by atoms with van der Waals surface area (Å²) in [7, 11) is 0. The molecule has 0 spiro atoms. The number of nitrogens with zero attached hydrogens (tertiary/aromatic N) is 5. The molecule has 3 N–H and O–H groups in total. The molecule has 6 aromatic rings. The van der Waals surface area contributed by atoms with Gasteiger partial charge in [-0.25, -0.2) is 9.97 Å². The van der Waals surface area contributed by atoms with Crippen LogP contribution in [0.1, 0.15) is 31.9 Å². The fourth-order valence-electron chi connectivity index (χ4n) is 4.50. The zero-order valence-corrected chi connectivity index (χ0v) is 20.6. The van der Waals surface area contributed by atoms with Crippen LogP contribution in [0.5, 0.6) is 0 Å². The lowest BCUT2D eigenvalue weighted by atomic mass is 10.1. The van der Waals surface area contributed by atoms with Gasteiger partial charge in [-0.05, 0) is 49.7 Å². The molecule has 0 aliphatic carbocycles. The average Bonchev–Trinajstić information content (AvgIpc) is 3.64. The van der Waals surface area contributed by atoms with Crippen molar-refractivity contribution in [3.63, 3.8) is 0 Å². The number of carbonyl (C=O) groups excluding carboxylic acids is 1. The Hall–Kier alpha value is -4.79. The minimum Gasteiger partial charge on any atom is -0.353 e. The number of hydrogen-bond acceptors (Lipinski definition) is 5. The summed E-state index contributed by atoms with van der Waals surface area (Å²) in [6, 6.07) is 14.0. The number of aromatic amines is 2. The van der Waals surface area contributed by atoms with E-state index < -0.39 is 0 Å². The molecule has 1 aromatic carbocycles. The first kappa shape index (κ1) is 22.7. The number of pyridine rings is 2. The fourth-order valence-corrected chi connectivity index (χ4v) is 4.50. The molecule has 0 atom stereocenters. The second-order valence-corrected chi connectivity index (χ2v) is 9.12. The second-order valence-electron chi connectivity index (χ2n) is 9.12. The summed E-state index contributed by atoms with van der Waals surface area (Å²) in [6.45, 7) is 4.04. The summed E-state index contributed by atoms with van der Waals surface area (Å²) < 4.78 is 2.02. The van der Waals surface area contributed by atoms with Gasteiger partial charge in [0.1, 0.15) is 11.2 Å². The van der Waals surface area contributed by atoms with Gasteiger partial charge >= 0.3 is 0 Å². The first-order valence-corrected chi connectivity index (χ1v) is 12.3. The highest BCUT2D eigenvalue weighted by molar-refractivity contribution is 5.97. The number of imidazole rings is 1. The Kier molecular flexibility index (Phi) is 5.72. The molecule has 9 nitrogen and oxygen atoms in total. The Morgan fingerprint density at radius 1 is 1.11 bits per heavy atom. The minimum absolute atomic E-state index is 0.00892. The standard InChI is InChI=1S/C28H26N8O/c1-3-4-8-26(37)31-19-11-18(13-29-14-19)21-9-10-23-27(33-21)28(35-34-23)24-12-20-22(32-24)6-5-7-25(20)36-15-17(2)30-16-36/h5-7,9-16,32H,3-4,8H2,1-2H3,(H,31,37)(H,34,35). The van der Waals surface area contributed by atoms with E-state index in [1.807, 2.05) is 54.3 Å². The molecule has 0 radical (unpaired) electrons. The van der Waals surface area contributed by atoms with E-state index in [-0.39, 0.29) is 5.91 Å². The van der Waals surface area contributed by atoms with Crippen LogP contribution in [0.2, 0.25) is 0 Å². The normalized spacial score (nSPS) is 11.4. The SMILES string of the molecule is CCCCC(=O)Nc1cncc(-c2ccc3[nH]nc(-c4cc5c(-n6cnc(C)c6)cccc5[nH]4)c3n2)c1. The molecule has 0 saturated heterocycles. The lowest BCUT2D eigenvalue weighted by Gasteiger charge is -2.07. The van der Waals surface area contributed by atoms with Crippen molar-refractivity contribution in [2.75, 3.05) is 5.32 Å². The summed E-state index contributed by atoms with van der Waals surface area (Å²) in [5.74, 6) is -0.00892. The predicted molar refractivity (Wildman–Crippen MR) is 144 cm³/mol. The lowest BCUT2D eigenvalue weighted by Crippen LogP contribution is -2.11. The third kappa shape index (κ3) is 4.35. The maximum Gasteiger partial charge on any atom is 0.224 e. The van der Waals surface area contributed by atoms with E-state index in [9.17, 15) is 4.79 Å². The Morgan fingerprint density at radius 3 is 2.86 bits per heavy atom. The summed E-state index contributed by atoms with van der Waals surface area (Å²) in [5.41, 5.74) is 8.41. The zero-order chi connectivity index (χ0) is 25.4. The van der Waals surface area contributed by atoms with Gasteiger partial charge in [0.25, 0.3) is 0 Å². The van der Waals surface area contributed by atoms with Crippen LogP contribution in [0.25, 0.3) is 50.3 Å². The van der Waals surface area contributed by atoms with Crippen molar-refractivity contribution in [1.82, 2.24) is 34.7 Å². The van der Waals surface area contributed by atoms with Crippen LogP contribution in [0.15, 0.2) is 67.4 Å². The van der Waals surface area contributed by atoms with Crippen molar-refractivity contribution >= 4 is 33.5 Å². The van der Waals surface area contributed by atoms with Crippen molar-refractivity contribution in [2.45, 2.75) is 33.1 Å². The molecule has 0 saturated carbocycles. The molecule has 0 aliphatic heterocycles. The molecular formula is C28H26N8O. The number of aromatic nitrogens is 7. The Morgan fingerprint density at radius 2 is 2.03 bits per heavy atom. The third-order valence-electron chi connectivity index (χ3n) is 6.37. The first-order valence-electron chi connectivity index (χ1n) is 12.3. The zero-order valence-electron chi connectivity index (χ0n) is 20.6. The number of nitrogens with one attached hydrogen (secondary N) is 3. The molecule has 0 fully saturated rings. The molecule has 5 aromatic heterocycles. The van der Waals surface area contributed by atoms with Crippen molar-refractivity contribution < 1.29 is 4.79 Å². The van der Waals surface area contributed by atoms with Gasteiger partial charge in [-0.3, -0.25) is 14.9 Å². The highest BCUT2D eigenvalue weighted by atomic mass is 16.1. The van der Waals surface area contributed by atoms with Crippen molar-refractivity contribution in [3.05, 3.63) is 73.1 Å². The van der Waals surface area contributed by atoms with Crippen LogP contribution in [0.4, 0.5) is 5.69 Å². The summed E-state index contributed by atoms with van der Waals surface area (Å²) in [4.78, 5) is 29.3. The van der Waals surface area contributed by atoms with Crippen LogP contribution >= 0.6 is 0 Å². The van der Waals surface area contributed by atoms with E-state index in [1.54, 1.807) is 12.4 Å². The van der Waals surface area contributed by atoms with Gasteiger partial charge in [-0.15, -0.1) is 0 Å². The van der Waals surface area contributed by atoms with E-state index in [0.717, 1.165) is 68.8 Å². The highest BCUT2D eigenvalue weighted by Gasteiger charge is 2.16. The van der Waals surface area contributed by atoms with Crippen LogP contribution in [0, 0.1) is 6.92 Å². The summed E-state index contributed by atoms with van der Waals surface area (Å²) in [6.07, 6.45) is 9.56. The number of amides is 1. The quantitative estimate of drug-likeness (QED) is 0.262. The number of carbonyl (C=O) groups is 1. The van der Waals surface area contributed by atoms with Gasteiger partial charge in [-0.2, -0.15) is 5.10 Å². The molecule has 0 bridgehead atoms. The van der Waals surface area contributed by atoms with E-state index in [0.29, 0.717) is 12.1 Å². The average molecular weight is 491 g/mol. The van der Waals surface area contributed by atoms with Crippen molar-refractivity contribution in [1.29, 1.82) is 0 Å². The van der Waals surface area contributed by atoms with E-state index in [2.05, 4.69) is 49.5 Å². The van der Waals surface area contributed by atoms with Crippen LogP contribution in [0.3, 0.4) is 0 Å². The predicted octanol–water partition coefficient (Wildman–Crippen LogP) is 5.79. The highest BCUT2D eigenvalue weighted by Crippen LogP contribution is 2.32. The number of benzene rings is 1. The Balaban J connectivity index is 1.37. The van der Waals surface area contributed by atoms with Crippen LogP contribution in [-0.2, 0) is 4.79 Å². The number of hydrogen-bond donors (Lipinski definition) is 3. The molecule has 37 heavy (non-hydrogen) atoms. The molecule has 5 heterocycles. The summed E-state index contributed by atoms with van der Waals surface area (Å²) >= 11 is 0. The van der Waals surface area contributed by atoms with Gasteiger partial charge < -0.3 is 14.9 Å². The smallest absolute Gasteiger partial charge is 0.224 e. The van der Waals surface area contributed by atoms with Gasteiger partial charge in [0.05, 0.1) is 46.5 Å². The largest absolute Gasteiger partial charge is 0.353 e. The lowest BCUT2D eigenvalue weighted by molar-refractivity contribution is -0.116.